The van der Waals surface area contributed by atoms with E-state index in [9.17, 15) is 9.59 Å². The Hall–Kier alpha value is -2.53. The second kappa shape index (κ2) is 9.25. The second-order valence-electron chi connectivity index (χ2n) is 6.16. The standard InChI is InChI=1S/C20H22ClNO4/c1-13(2)19(14-4-6-15(21)7-5-14)20(24)26-12-18(23)22-16-8-10-17(25-3)11-9-16/h4-11,13,19H,12H2,1-3H3,(H,22,23)/t19-/m1/s1. The maximum atomic E-state index is 12.5. The maximum Gasteiger partial charge on any atom is 0.314 e. The van der Waals surface area contributed by atoms with E-state index in [2.05, 4.69) is 5.32 Å². The monoisotopic (exact) mass is 375 g/mol. The van der Waals surface area contributed by atoms with Crippen molar-refractivity contribution in [1.82, 2.24) is 0 Å². The number of carbonyl (C=O) groups is 2. The van der Waals surface area contributed by atoms with Crippen molar-refractivity contribution in [1.29, 1.82) is 0 Å². The fraction of sp³-hybridized carbons (Fsp3) is 0.300. The Morgan fingerprint density at radius 1 is 1.04 bits per heavy atom. The van der Waals surface area contributed by atoms with Crippen LogP contribution in [0.25, 0.3) is 0 Å². The van der Waals surface area contributed by atoms with E-state index in [1.165, 1.54) is 0 Å². The van der Waals surface area contributed by atoms with Crippen LogP contribution >= 0.6 is 11.6 Å². The first-order valence-electron chi connectivity index (χ1n) is 8.26. The summed E-state index contributed by atoms with van der Waals surface area (Å²) >= 11 is 5.90. The largest absolute Gasteiger partial charge is 0.497 e. The van der Waals surface area contributed by atoms with Gasteiger partial charge in [-0.25, -0.2) is 0 Å². The molecule has 0 aliphatic carbocycles. The Morgan fingerprint density at radius 2 is 1.65 bits per heavy atom. The van der Waals surface area contributed by atoms with Crippen LogP contribution in [0.2, 0.25) is 5.02 Å². The summed E-state index contributed by atoms with van der Waals surface area (Å²) in [5, 5.41) is 3.28. The number of carbonyl (C=O) groups excluding carboxylic acids is 2. The van der Waals surface area contributed by atoms with Crippen LogP contribution in [0.3, 0.4) is 0 Å². The molecule has 0 unspecified atom stereocenters. The molecule has 0 fully saturated rings. The van der Waals surface area contributed by atoms with Gasteiger partial charge in [0, 0.05) is 10.7 Å². The lowest BCUT2D eigenvalue weighted by atomic mass is 9.88. The van der Waals surface area contributed by atoms with Gasteiger partial charge < -0.3 is 14.8 Å². The van der Waals surface area contributed by atoms with E-state index in [0.29, 0.717) is 16.5 Å². The van der Waals surface area contributed by atoms with Crippen LogP contribution < -0.4 is 10.1 Å². The van der Waals surface area contributed by atoms with Gasteiger partial charge in [0.1, 0.15) is 5.75 Å². The molecular formula is C20H22ClNO4. The SMILES string of the molecule is COc1ccc(NC(=O)COC(=O)[C@@H](c2ccc(Cl)cc2)C(C)C)cc1. The molecule has 2 aromatic rings. The van der Waals surface area contributed by atoms with Crippen molar-refractivity contribution in [3.05, 3.63) is 59.1 Å². The highest BCUT2D eigenvalue weighted by Crippen LogP contribution is 2.27. The van der Waals surface area contributed by atoms with Crippen molar-refractivity contribution in [2.45, 2.75) is 19.8 Å². The number of hydrogen-bond donors (Lipinski definition) is 1. The number of methoxy groups -OCH3 is 1. The number of anilines is 1. The van der Waals surface area contributed by atoms with Crippen molar-refractivity contribution >= 4 is 29.2 Å². The highest BCUT2D eigenvalue weighted by atomic mass is 35.5. The average molecular weight is 376 g/mol. The number of hydrogen-bond acceptors (Lipinski definition) is 4. The number of nitrogens with one attached hydrogen (secondary N) is 1. The summed E-state index contributed by atoms with van der Waals surface area (Å²) in [6, 6.07) is 13.9. The van der Waals surface area contributed by atoms with E-state index in [1.807, 2.05) is 13.8 Å². The lowest BCUT2D eigenvalue weighted by molar-refractivity contribution is -0.149. The summed E-state index contributed by atoms with van der Waals surface area (Å²) in [6.45, 7) is 3.51. The molecule has 1 atom stereocenters. The summed E-state index contributed by atoms with van der Waals surface area (Å²) in [6.07, 6.45) is 0. The molecule has 0 spiro atoms. The zero-order valence-electron chi connectivity index (χ0n) is 15.0. The van der Waals surface area contributed by atoms with Crippen LogP contribution in [-0.4, -0.2) is 25.6 Å². The summed E-state index contributed by atoms with van der Waals surface area (Å²) in [5.41, 5.74) is 1.41. The van der Waals surface area contributed by atoms with E-state index in [-0.39, 0.29) is 12.5 Å². The third kappa shape index (κ3) is 5.49. The molecule has 1 N–H and O–H groups in total. The minimum atomic E-state index is -0.457. The number of benzene rings is 2. The van der Waals surface area contributed by atoms with E-state index in [1.54, 1.807) is 55.6 Å². The molecule has 2 aromatic carbocycles. The zero-order valence-corrected chi connectivity index (χ0v) is 15.7. The third-order valence-electron chi connectivity index (χ3n) is 3.87. The van der Waals surface area contributed by atoms with E-state index >= 15 is 0 Å². The molecule has 0 saturated carbocycles. The highest BCUT2D eigenvalue weighted by molar-refractivity contribution is 6.30. The Morgan fingerprint density at radius 3 is 2.19 bits per heavy atom. The lowest BCUT2D eigenvalue weighted by Gasteiger charge is -2.20. The molecule has 6 heteroatoms. The lowest BCUT2D eigenvalue weighted by Crippen LogP contribution is -2.26. The molecule has 138 valence electrons. The van der Waals surface area contributed by atoms with Crippen molar-refractivity contribution in [2.75, 3.05) is 19.0 Å². The van der Waals surface area contributed by atoms with Crippen molar-refractivity contribution in [2.24, 2.45) is 5.92 Å². The quantitative estimate of drug-likeness (QED) is 0.734. The average Bonchev–Trinajstić information content (AvgIpc) is 2.62. The Balaban J connectivity index is 1.94. The van der Waals surface area contributed by atoms with E-state index in [0.717, 1.165) is 5.56 Å². The van der Waals surface area contributed by atoms with Crippen LogP contribution in [0, 0.1) is 5.92 Å². The summed E-state index contributed by atoms with van der Waals surface area (Å²) in [5.74, 6) is -0.583. The fourth-order valence-electron chi connectivity index (χ4n) is 2.56. The first-order valence-corrected chi connectivity index (χ1v) is 8.64. The topological polar surface area (TPSA) is 64.6 Å². The molecule has 0 aliphatic heterocycles. The molecule has 5 nitrogen and oxygen atoms in total. The van der Waals surface area contributed by atoms with Gasteiger partial charge in [-0.1, -0.05) is 37.6 Å². The van der Waals surface area contributed by atoms with Crippen LogP contribution in [-0.2, 0) is 14.3 Å². The summed E-state index contributed by atoms with van der Waals surface area (Å²) in [4.78, 5) is 24.5. The predicted molar refractivity (Wildman–Crippen MR) is 102 cm³/mol. The number of ether oxygens (including phenoxy) is 2. The molecule has 0 radical (unpaired) electrons. The minimum absolute atomic E-state index is 0.0216. The molecule has 0 aromatic heterocycles. The number of amides is 1. The van der Waals surface area contributed by atoms with Crippen LogP contribution in [0.5, 0.6) is 5.75 Å². The van der Waals surface area contributed by atoms with Gasteiger partial charge in [-0.15, -0.1) is 0 Å². The first-order chi connectivity index (χ1) is 12.4. The van der Waals surface area contributed by atoms with Gasteiger partial charge in [0.2, 0.25) is 0 Å². The zero-order chi connectivity index (χ0) is 19.1. The summed E-state index contributed by atoms with van der Waals surface area (Å²) in [7, 11) is 1.57. The molecule has 0 bridgehead atoms. The predicted octanol–water partition coefficient (Wildman–Crippen LogP) is 4.27. The Labute approximate surface area is 158 Å². The molecule has 1 amide bonds. The minimum Gasteiger partial charge on any atom is -0.497 e. The number of esters is 1. The number of halogens is 1. The Bertz CT molecular complexity index is 741. The van der Waals surface area contributed by atoms with Gasteiger partial charge in [0.15, 0.2) is 6.61 Å². The van der Waals surface area contributed by atoms with Gasteiger partial charge in [-0.3, -0.25) is 9.59 Å². The second-order valence-corrected chi connectivity index (χ2v) is 6.59. The van der Waals surface area contributed by atoms with Crippen LogP contribution in [0.1, 0.15) is 25.3 Å². The fourth-order valence-corrected chi connectivity index (χ4v) is 2.69. The molecular weight excluding hydrogens is 354 g/mol. The molecule has 0 saturated heterocycles. The van der Waals surface area contributed by atoms with Gasteiger partial charge in [0.25, 0.3) is 5.91 Å². The molecule has 0 aliphatic rings. The smallest absolute Gasteiger partial charge is 0.314 e. The molecule has 0 heterocycles. The highest BCUT2D eigenvalue weighted by Gasteiger charge is 2.26. The van der Waals surface area contributed by atoms with Crippen LogP contribution in [0.4, 0.5) is 5.69 Å². The maximum absolute atomic E-state index is 12.5. The van der Waals surface area contributed by atoms with E-state index in [4.69, 9.17) is 21.1 Å². The van der Waals surface area contributed by atoms with Gasteiger partial charge in [-0.05, 0) is 47.9 Å². The first kappa shape index (κ1) is 19.8. The summed E-state index contributed by atoms with van der Waals surface area (Å²) < 4.78 is 10.3. The van der Waals surface area contributed by atoms with Crippen molar-refractivity contribution in [3.63, 3.8) is 0 Å². The molecule has 2 rings (SSSR count). The van der Waals surface area contributed by atoms with Crippen molar-refractivity contribution < 1.29 is 19.1 Å². The van der Waals surface area contributed by atoms with Gasteiger partial charge in [-0.2, -0.15) is 0 Å². The van der Waals surface area contributed by atoms with Crippen molar-refractivity contribution in [3.8, 4) is 5.75 Å². The van der Waals surface area contributed by atoms with Crippen LogP contribution in [0.15, 0.2) is 48.5 Å². The van der Waals surface area contributed by atoms with Gasteiger partial charge >= 0.3 is 5.97 Å². The molecule has 26 heavy (non-hydrogen) atoms. The number of rotatable bonds is 7. The normalized spacial score (nSPS) is 11.7. The third-order valence-corrected chi connectivity index (χ3v) is 4.12. The Kier molecular flexibility index (Phi) is 7.04. The van der Waals surface area contributed by atoms with E-state index < -0.39 is 17.8 Å². The van der Waals surface area contributed by atoms with Gasteiger partial charge in [0.05, 0.1) is 13.0 Å².